The molecule has 0 aliphatic heterocycles. The molecular formula is C13H20ClNO6S. The van der Waals surface area contributed by atoms with E-state index in [0.29, 0.717) is 5.02 Å². The van der Waals surface area contributed by atoms with Crippen LogP contribution in [-0.4, -0.2) is 63.7 Å². The Kier molecular flexibility index (Phi) is 9.95. The van der Waals surface area contributed by atoms with Gasteiger partial charge >= 0.3 is 0 Å². The molecule has 0 unspecified atom stereocenters. The summed E-state index contributed by atoms with van der Waals surface area (Å²) in [4.78, 5) is 11.2. The van der Waals surface area contributed by atoms with Crippen molar-refractivity contribution in [3.8, 4) is 0 Å². The van der Waals surface area contributed by atoms with E-state index in [1.54, 1.807) is 0 Å². The van der Waals surface area contributed by atoms with Crippen LogP contribution in [0.1, 0.15) is 0 Å². The van der Waals surface area contributed by atoms with E-state index in [4.69, 9.17) is 21.8 Å². The summed E-state index contributed by atoms with van der Waals surface area (Å²) in [6, 6.07) is 5.26. The van der Waals surface area contributed by atoms with Gasteiger partial charge in [-0.25, -0.2) is 8.42 Å². The van der Waals surface area contributed by atoms with Crippen molar-refractivity contribution in [3.63, 3.8) is 0 Å². The third-order valence-electron chi connectivity index (χ3n) is 2.56. The van der Waals surface area contributed by atoms with E-state index in [1.807, 2.05) is 7.05 Å². The van der Waals surface area contributed by atoms with Crippen LogP contribution in [0.3, 0.4) is 0 Å². The van der Waals surface area contributed by atoms with Crippen molar-refractivity contribution in [1.82, 2.24) is 0 Å². The first kappa shape index (κ1) is 20.8. The minimum Gasteiger partial charge on any atom is -0.549 e. The number of aliphatic carboxylic acids is 1. The molecule has 22 heavy (non-hydrogen) atoms. The van der Waals surface area contributed by atoms with E-state index in [-0.39, 0.29) is 18.1 Å². The highest BCUT2D eigenvalue weighted by atomic mass is 35.5. The lowest BCUT2D eigenvalue weighted by molar-refractivity contribution is -0.880. The largest absolute Gasteiger partial charge is 0.549 e. The molecule has 1 aromatic carbocycles. The van der Waals surface area contributed by atoms with Gasteiger partial charge in [-0.15, -0.1) is 0 Å². The molecule has 0 fully saturated rings. The van der Waals surface area contributed by atoms with E-state index in [0.717, 1.165) is 18.0 Å². The first-order valence-corrected chi connectivity index (χ1v) is 8.47. The van der Waals surface area contributed by atoms with Crippen molar-refractivity contribution in [1.29, 1.82) is 0 Å². The molecule has 0 bridgehead atoms. The summed E-state index contributed by atoms with van der Waals surface area (Å²) in [5, 5.41) is 27.2. The SMILES string of the molecule is C[NH+](CCO)CCO.O=C([O-])CS(=O)(=O)c1ccc(Cl)cc1. The highest BCUT2D eigenvalue weighted by molar-refractivity contribution is 7.92. The summed E-state index contributed by atoms with van der Waals surface area (Å²) in [5.74, 6) is -2.64. The van der Waals surface area contributed by atoms with Gasteiger partial charge in [-0.1, -0.05) is 11.6 Å². The van der Waals surface area contributed by atoms with E-state index in [2.05, 4.69) is 0 Å². The molecule has 3 N–H and O–H groups in total. The summed E-state index contributed by atoms with van der Waals surface area (Å²) in [5.41, 5.74) is 0. The zero-order chi connectivity index (χ0) is 17.2. The number of carboxylic acids is 1. The fourth-order valence-electron chi connectivity index (χ4n) is 1.39. The molecule has 126 valence electrons. The van der Waals surface area contributed by atoms with Gasteiger partial charge in [0.1, 0.15) is 13.1 Å². The van der Waals surface area contributed by atoms with E-state index in [9.17, 15) is 18.3 Å². The van der Waals surface area contributed by atoms with Gasteiger partial charge in [-0.2, -0.15) is 0 Å². The van der Waals surface area contributed by atoms with Gasteiger partial charge < -0.3 is 25.0 Å². The number of quaternary nitrogens is 1. The van der Waals surface area contributed by atoms with Crippen molar-refractivity contribution in [2.24, 2.45) is 0 Å². The number of carbonyl (C=O) groups is 1. The maximum Gasteiger partial charge on any atom is 0.183 e. The molecule has 0 aliphatic carbocycles. The maximum absolute atomic E-state index is 11.3. The predicted molar refractivity (Wildman–Crippen MR) is 79.3 cm³/mol. The summed E-state index contributed by atoms with van der Waals surface area (Å²) in [6.07, 6.45) is 0. The number of likely N-dealkylation sites (N-methyl/N-ethyl adjacent to an activating group) is 1. The number of sulfone groups is 1. The third kappa shape index (κ3) is 8.96. The van der Waals surface area contributed by atoms with Gasteiger partial charge in [0, 0.05) is 5.02 Å². The molecular weight excluding hydrogens is 334 g/mol. The molecule has 0 saturated carbocycles. The Morgan fingerprint density at radius 2 is 1.64 bits per heavy atom. The van der Waals surface area contributed by atoms with Gasteiger partial charge in [-0.05, 0) is 24.3 Å². The average Bonchev–Trinajstić information content (AvgIpc) is 2.39. The fourth-order valence-corrected chi connectivity index (χ4v) is 2.54. The molecule has 1 aromatic rings. The van der Waals surface area contributed by atoms with Crippen LogP contribution in [0.2, 0.25) is 5.02 Å². The van der Waals surface area contributed by atoms with Gasteiger partial charge in [0.15, 0.2) is 9.84 Å². The summed E-state index contributed by atoms with van der Waals surface area (Å²) >= 11 is 5.54. The van der Waals surface area contributed by atoms with Crippen LogP contribution < -0.4 is 10.0 Å². The quantitative estimate of drug-likeness (QED) is 0.492. The second kappa shape index (κ2) is 10.5. The van der Waals surface area contributed by atoms with Crippen LogP contribution in [0.25, 0.3) is 0 Å². The fraction of sp³-hybridized carbons (Fsp3) is 0.462. The summed E-state index contributed by atoms with van der Waals surface area (Å²) in [7, 11) is -1.86. The van der Waals surface area contributed by atoms with Gasteiger partial charge in [0.05, 0.1) is 36.9 Å². The highest BCUT2D eigenvalue weighted by Gasteiger charge is 2.13. The molecule has 9 heteroatoms. The second-order valence-electron chi connectivity index (χ2n) is 4.49. The molecule has 0 heterocycles. The molecule has 0 spiro atoms. The van der Waals surface area contributed by atoms with Crippen molar-refractivity contribution >= 4 is 27.4 Å². The Hall–Kier alpha value is -1.19. The van der Waals surface area contributed by atoms with Gasteiger partial charge in [0.25, 0.3) is 0 Å². The van der Waals surface area contributed by atoms with Gasteiger partial charge in [-0.3, -0.25) is 0 Å². The Labute approximate surface area is 134 Å². The van der Waals surface area contributed by atoms with E-state index >= 15 is 0 Å². The molecule has 0 amide bonds. The monoisotopic (exact) mass is 353 g/mol. The van der Waals surface area contributed by atoms with Crippen LogP contribution in [0.5, 0.6) is 0 Å². The minimum atomic E-state index is -3.80. The number of nitrogens with one attached hydrogen (secondary N) is 1. The number of halogens is 1. The number of aliphatic hydroxyl groups is 2. The Morgan fingerprint density at radius 1 is 1.18 bits per heavy atom. The molecule has 0 radical (unpaired) electrons. The summed E-state index contributed by atoms with van der Waals surface area (Å²) < 4.78 is 22.6. The standard InChI is InChI=1S/C8H7ClO4S.C5H13NO2/c9-6-1-3-7(4-2-6)14(12,13)5-8(10)11;1-6(2-4-7)3-5-8/h1-4H,5H2,(H,10,11);7-8H,2-5H2,1H3. The number of hydrogen-bond donors (Lipinski definition) is 3. The van der Waals surface area contributed by atoms with Crippen LogP contribution in [-0.2, 0) is 14.6 Å². The Balaban J connectivity index is 0.000000472. The van der Waals surface area contributed by atoms with Crippen LogP contribution >= 0.6 is 11.6 Å². The third-order valence-corrected chi connectivity index (χ3v) is 4.42. The average molecular weight is 354 g/mol. The van der Waals surface area contributed by atoms with Crippen molar-refractivity contribution in [2.75, 3.05) is 39.1 Å². The highest BCUT2D eigenvalue weighted by Crippen LogP contribution is 2.14. The Bertz CT molecular complexity index is 540. The van der Waals surface area contributed by atoms with Crippen molar-refractivity contribution in [3.05, 3.63) is 29.3 Å². The van der Waals surface area contributed by atoms with Crippen LogP contribution in [0, 0.1) is 0 Å². The van der Waals surface area contributed by atoms with Crippen molar-refractivity contribution < 1.29 is 33.4 Å². The lowest BCUT2D eigenvalue weighted by atomic mass is 10.4. The van der Waals surface area contributed by atoms with Crippen LogP contribution in [0.15, 0.2) is 29.2 Å². The lowest BCUT2D eigenvalue weighted by Gasteiger charge is -2.08. The topological polar surface area (TPSA) is 119 Å². The molecule has 0 aromatic heterocycles. The molecule has 0 saturated heterocycles. The Morgan fingerprint density at radius 3 is 2.00 bits per heavy atom. The number of aliphatic hydroxyl groups excluding tert-OH is 2. The number of carbonyl (C=O) groups excluding carboxylic acids is 1. The minimum absolute atomic E-state index is 0.0777. The zero-order valence-corrected chi connectivity index (χ0v) is 13.7. The van der Waals surface area contributed by atoms with Crippen LogP contribution in [0.4, 0.5) is 0 Å². The number of carboxylic acid groups (broad SMARTS) is 1. The summed E-state index contributed by atoms with van der Waals surface area (Å²) in [6.45, 7) is 1.85. The van der Waals surface area contributed by atoms with E-state index < -0.39 is 21.6 Å². The van der Waals surface area contributed by atoms with Gasteiger partial charge in [0.2, 0.25) is 0 Å². The normalized spacial score (nSPS) is 11.0. The molecule has 7 nitrogen and oxygen atoms in total. The smallest absolute Gasteiger partial charge is 0.183 e. The lowest BCUT2D eigenvalue weighted by Crippen LogP contribution is -3.10. The maximum atomic E-state index is 11.3. The first-order chi connectivity index (χ1) is 10.2. The first-order valence-electron chi connectivity index (χ1n) is 6.44. The molecule has 0 aliphatic rings. The zero-order valence-electron chi connectivity index (χ0n) is 12.2. The number of benzene rings is 1. The second-order valence-corrected chi connectivity index (χ2v) is 6.92. The molecule has 1 rings (SSSR count). The number of rotatable bonds is 7. The number of hydrogen-bond acceptors (Lipinski definition) is 6. The molecule has 0 atom stereocenters. The van der Waals surface area contributed by atoms with E-state index in [1.165, 1.54) is 24.3 Å². The van der Waals surface area contributed by atoms with Crippen molar-refractivity contribution in [2.45, 2.75) is 4.90 Å². The predicted octanol–water partition coefficient (Wildman–Crippen LogP) is -2.65.